The highest BCUT2D eigenvalue weighted by atomic mass is 16.5. The van der Waals surface area contributed by atoms with E-state index in [1.807, 2.05) is 12.1 Å². The predicted molar refractivity (Wildman–Crippen MR) is 60.9 cm³/mol. The van der Waals surface area contributed by atoms with Gasteiger partial charge in [-0.15, -0.1) is 0 Å². The molecule has 1 aromatic rings. The van der Waals surface area contributed by atoms with Crippen LogP contribution in [0.3, 0.4) is 0 Å². The van der Waals surface area contributed by atoms with Crippen molar-refractivity contribution in [2.45, 2.75) is 19.0 Å². The van der Waals surface area contributed by atoms with Crippen molar-refractivity contribution in [2.75, 3.05) is 20.2 Å². The molecule has 3 nitrogen and oxygen atoms in total. The average molecular weight is 206 g/mol. The first-order valence-electron chi connectivity index (χ1n) is 5.39. The molecule has 2 rings (SSSR count). The van der Waals surface area contributed by atoms with Gasteiger partial charge in [0.15, 0.2) is 0 Å². The van der Waals surface area contributed by atoms with Gasteiger partial charge in [-0.05, 0) is 24.1 Å². The maximum Gasteiger partial charge on any atom is 0.118 e. The molecule has 2 N–H and O–H groups in total. The van der Waals surface area contributed by atoms with Crippen LogP contribution in [0.1, 0.15) is 12.0 Å². The van der Waals surface area contributed by atoms with Gasteiger partial charge >= 0.3 is 0 Å². The minimum Gasteiger partial charge on any atom is -0.497 e. The first kappa shape index (κ1) is 10.5. The van der Waals surface area contributed by atoms with Crippen molar-refractivity contribution in [3.63, 3.8) is 0 Å². The van der Waals surface area contributed by atoms with Crippen LogP contribution < -0.4 is 10.5 Å². The molecule has 1 aromatic carbocycles. The van der Waals surface area contributed by atoms with E-state index in [0.29, 0.717) is 6.04 Å². The number of hydrogen-bond acceptors (Lipinski definition) is 3. The fourth-order valence-corrected chi connectivity index (χ4v) is 2.00. The second-order valence-corrected chi connectivity index (χ2v) is 4.13. The van der Waals surface area contributed by atoms with Gasteiger partial charge in [0.25, 0.3) is 0 Å². The van der Waals surface area contributed by atoms with E-state index in [2.05, 4.69) is 17.0 Å². The third kappa shape index (κ3) is 2.70. The maximum absolute atomic E-state index is 5.86. The highest BCUT2D eigenvalue weighted by Gasteiger charge is 2.18. The molecule has 0 amide bonds. The van der Waals surface area contributed by atoms with Gasteiger partial charge in [-0.25, -0.2) is 0 Å². The molecule has 15 heavy (non-hydrogen) atoms. The van der Waals surface area contributed by atoms with Crippen LogP contribution in [0.15, 0.2) is 24.3 Å². The van der Waals surface area contributed by atoms with E-state index in [9.17, 15) is 0 Å². The van der Waals surface area contributed by atoms with Gasteiger partial charge < -0.3 is 10.5 Å². The van der Waals surface area contributed by atoms with E-state index in [0.717, 1.165) is 31.8 Å². The summed E-state index contributed by atoms with van der Waals surface area (Å²) in [5.41, 5.74) is 7.19. The number of nitrogens with two attached hydrogens (primary N) is 1. The quantitative estimate of drug-likeness (QED) is 0.808. The molecule has 1 heterocycles. The lowest BCUT2D eigenvalue weighted by molar-refractivity contribution is 0.326. The average Bonchev–Trinajstić information content (AvgIpc) is 2.65. The van der Waals surface area contributed by atoms with Crippen LogP contribution in [-0.4, -0.2) is 31.1 Å². The molecular weight excluding hydrogens is 188 g/mol. The molecular formula is C12H18N2O. The highest BCUT2D eigenvalue weighted by Crippen LogP contribution is 2.15. The third-order valence-electron chi connectivity index (χ3n) is 2.87. The Labute approximate surface area is 90.8 Å². The molecule has 0 aliphatic carbocycles. The molecule has 0 saturated carbocycles. The van der Waals surface area contributed by atoms with Crippen LogP contribution >= 0.6 is 0 Å². The summed E-state index contributed by atoms with van der Waals surface area (Å²) in [4.78, 5) is 2.40. The maximum atomic E-state index is 5.86. The summed E-state index contributed by atoms with van der Waals surface area (Å²) in [7, 11) is 1.69. The van der Waals surface area contributed by atoms with Crippen molar-refractivity contribution in [3.05, 3.63) is 29.8 Å². The number of benzene rings is 1. The summed E-state index contributed by atoms with van der Waals surface area (Å²) in [6.07, 6.45) is 1.12. The standard InChI is InChI=1S/C12H18N2O/c1-15-12-4-2-10(3-5-12)8-14-7-6-11(13)9-14/h2-5,11H,6-9,13H2,1H3/t11-/m0/s1. The Morgan fingerprint density at radius 1 is 1.40 bits per heavy atom. The molecule has 1 fully saturated rings. The SMILES string of the molecule is COc1ccc(CN2CC[C@H](N)C2)cc1. The predicted octanol–water partition coefficient (Wildman–Crippen LogP) is 1.23. The molecule has 0 unspecified atom stereocenters. The first-order valence-corrected chi connectivity index (χ1v) is 5.39. The minimum atomic E-state index is 0.364. The lowest BCUT2D eigenvalue weighted by Crippen LogP contribution is -2.26. The fraction of sp³-hybridized carbons (Fsp3) is 0.500. The normalized spacial score (nSPS) is 21.9. The Hall–Kier alpha value is -1.06. The Bertz CT molecular complexity index is 310. The number of nitrogens with zero attached hydrogens (tertiary/aromatic N) is 1. The Balaban J connectivity index is 1.93. The van der Waals surface area contributed by atoms with Gasteiger partial charge in [0.05, 0.1) is 7.11 Å². The van der Waals surface area contributed by atoms with Gasteiger partial charge in [-0.1, -0.05) is 12.1 Å². The van der Waals surface area contributed by atoms with Gasteiger partial charge in [-0.2, -0.15) is 0 Å². The molecule has 0 aromatic heterocycles. The van der Waals surface area contributed by atoms with Crippen LogP contribution in [0.25, 0.3) is 0 Å². The highest BCUT2D eigenvalue weighted by molar-refractivity contribution is 5.27. The van der Waals surface area contributed by atoms with Crippen LogP contribution in [-0.2, 0) is 6.54 Å². The largest absolute Gasteiger partial charge is 0.497 e. The summed E-state index contributed by atoms with van der Waals surface area (Å²) in [6, 6.07) is 8.60. The second kappa shape index (κ2) is 4.64. The third-order valence-corrected chi connectivity index (χ3v) is 2.87. The van der Waals surface area contributed by atoms with E-state index in [4.69, 9.17) is 10.5 Å². The van der Waals surface area contributed by atoms with Gasteiger partial charge in [0.1, 0.15) is 5.75 Å². The lowest BCUT2D eigenvalue weighted by Gasteiger charge is -2.15. The molecule has 1 atom stereocenters. The molecule has 1 aliphatic rings. The fourth-order valence-electron chi connectivity index (χ4n) is 2.00. The zero-order valence-electron chi connectivity index (χ0n) is 9.15. The Morgan fingerprint density at radius 2 is 2.13 bits per heavy atom. The molecule has 82 valence electrons. The summed E-state index contributed by atoms with van der Waals surface area (Å²) in [5, 5.41) is 0. The van der Waals surface area contributed by atoms with E-state index < -0.39 is 0 Å². The molecule has 1 saturated heterocycles. The number of likely N-dealkylation sites (tertiary alicyclic amines) is 1. The monoisotopic (exact) mass is 206 g/mol. The van der Waals surface area contributed by atoms with E-state index in [1.54, 1.807) is 7.11 Å². The zero-order valence-corrected chi connectivity index (χ0v) is 9.15. The van der Waals surface area contributed by atoms with E-state index >= 15 is 0 Å². The van der Waals surface area contributed by atoms with Crippen molar-refractivity contribution >= 4 is 0 Å². The number of methoxy groups -OCH3 is 1. The molecule has 1 aliphatic heterocycles. The van der Waals surface area contributed by atoms with E-state index in [-0.39, 0.29) is 0 Å². The molecule has 3 heteroatoms. The van der Waals surface area contributed by atoms with Crippen molar-refractivity contribution < 1.29 is 4.74 Å². The van der Waals surface area contributed by atoms with Crippen LogP contribution in [0.4, 0.5) is 0 Å². The second-order valence-electron chi connectivity index (χ2n) is 4.13. The lowest BCUT2D eigenvalue weighted by atomic mass is 10.2. The minimum absolute atomic E-state index is 0.364. The summed E-state index contributed by atoms with van der Waals surface area (Å²) in [6.45, 7) is 3.14. The Kier molecular flexibility index (Phi) is 3.23. The van der Waals surface area contributed by atoms with Crippen LogP contribution in [0, 0.1) is 0 Å². The van der Waals surface area contributed by atoms with Crippen LogP contribution in [0.5, 0.6) is 5.75 Å². The van der Waals surface area contributed by atoms with Crippen molar-refractivity contribution in [2.24, 2.45) is 5.73 Å². The van der Waals surface area contributed by atoms with Gasteiger partial charge in [0, 0.05) is 25.7 Å². The number of rotatable bonds is 3. The summed E-state index contributed by atoms with van der Waals surface area (Å²) >= 11 is 0. The number of hydrogen-bond donors (Lipinski definition) is 1. The van der Waals surface area contributed by atoms with Crippen molar-refractivity contribution in [3.8, 4) is 5.75 Å². The smallest absolute Gasteiger partial charge is 0.118 e. The zero-order chi connectivity index (χ0) is 10.7. The van der Waals surface area contributed by atoms with Crippen molar-refractivity contribution in [1.82, 2.24) is 4.90 Å². The summed E-state index contributed by atoms with van der Waals surface area (Å²) in [5.74, 6) is 0.914. The summed E-state index contributed by atoms with van der Waals surface area (Å²) < 4.78 is 5.12. The molecule has 0 radical (unpaired) electrons. The molecule has 0 spiro atoms. The van der Waals surface area contributed by atoms with Crippen molar-refractivity contribution in [1.29, 1.82) is 0 Å². The van der Waals surface area contributed by atoms with E-state index in [1.165, 1.54) is 5.56 Å². The topological polar surface area (TPSA) is 38.5 Å². The van der Waals surface area contributed by atoms with Gasteiger partial charge in [0.2, 0.25) is 0 Å². The van der Waals surface area contributed by atoms with Crippen LogP contribution in [0.2, 0.25) is 0 Å². The first-order chi connectivity index (χ1) is 7.28. The molecule has 0 bridgehead atoms. The Morgan fingerprint density at radius 3 is 2.67 bits per heavy atom. The van der Waals surface area contributed by atoms with Gasteiger partial charge in [-0.3, -0.25) is 4.90 Å². The number of ether oxygens (including phenoxy) is 1.